The highest BCUT2D eigenvalue weighted by molar-refractivity contribution is 7.90. The average molecular weight is 449 g/mol. The number of sulfone groups is 1. The quantitative estimate of drug-likeness (QED) is 0.553. The first-order valence-corrected chi connectivity index (χ1v) is 11.4. The van der Waals surface area contributed by atoms with Crippen LogP contribution in [0, 0.1) is 0 Å². The average Bonchev–Trinajstić information content (AvgIpc) is 3.11. The second-order valence-corrected chi connectivity index (χ2v) is 9.25. The number of benzene rings is 2. The molecule has 0 fully saturated rings. The van der Waals surface area contributed by atoms with Crippen LogP contribution in [0.2, 0.25) is 0 Å². The molecular formula is C20H20N2O6S2. The number of aromatic nitrogens is 1. The first kappa shape index (κ1) is 21.6. The number of methoxy groups -OCH3 is 3. The number of nitrogens with zero attached hydrogens (tertiary/aromatic N) is 1. The van der Waals surface area contributed by atoms with Gasteiger partial charge in [0, 0.05) is 12.3 Å². The van der Waals surface area contributed by atoms with E-state index in [1.165, 1.54) is 44.8 Å². The Morgan fingerprint density at radius 2 is 1.73 bits per heavy atom. The van der Waals surface area contributed by atoms with Gasteiger partial charge in [0.1, 0.15) is 0 Å². The fourth-order valence-corrected chi connectivity index (χ4v) is 4.34. The highest BCUT2D eigenvalue weighted by Gasteiger charge is 2.13. The first-order chi connectivity index (χ1) is 14.2. The van der Waals surface area contributed by atoms with Gasteiger partial charge in [-0.15, -0.1) is 0 Å². The lowest BCUT2D eigenvalue weighted by atomic mass is 10.1. The Hall–Kier alpha value is -3.11. The molecule has 0 radical (unpaired) electrons. The second-order valence-electron chi connectivity index (χ2n) is 6.20. The Bertz CT molecular complexity index is 1210. The van der Waals surface area contributed by atoms with E-state index in [9.17, 15) is 13.2 Å². The van der Waals surface area contributed by atoms with Crippen molar-refractivity contribution >= 4 is 48.5 Å². The molecule has 2 aromatic carbocycles. The van der Waals surface area contributed by atoms with Gasteiger partial charge in [0.2, 0.25) is 11.7 Å². The summed E-state index contributed by atoms with van der Waals surface area (Å²) in [6.07, 6.45) is 4.11. The number of anilines is 1. The first-order valence-electron chi connectivity index (χ1n) is 8.65. The zero-order valence-electron chi connectivity index (χ0n) is 16.8. The van der Waals surface area contributed by atoms with Crippen LogP contribution in [0.15, 0.2) is 41.3 Å². The molecule has 158 valence electrons. The van der Waals surface area contributed by atoms with Crippen molar-refractivity contribution in [2.24, 2.45) is 0 Å². The van der Waals surface area contributed by atoms with Gasteiger partial charge in [0.15, 0.2) is 26.5 Å². The summed E-state index contributed by atoms with van der Waals surface area (Å²) in [6, 6.07) is 8.09. The minimum atomic E-state index is -3.31. The summed E-state index contributed by atoms with van der Waals surface area (Å²) in [5.74, 6) is 1.03. The van der Waals surface area contributed by atoms with Gasteiger partial charge in [-0.2, -0.15) is 0 Å². The summed E-state index contributed by atoms with van der Waals surface area (Å²) in [5.41, 5.74) is 1.29. The molecule has 0 aliphatic carbocycles. The van der Waals surface area contributed by atoms with E-state index < -0.39 is 9.84 Å². The Labute approximate surface area is 178 Å². The van der Waals surface area contributed by atoms with E-state index in [1.807, 2.05) is 0 Å². The number of hydrogen-bond acceptors (Lipinski definition) is 8. The van der Waals surface area contributed by atoms with Crippen molar-refractivity contribution in [2.45, 2.75) is 4.90 Å². The molecule has 1 aromatic heterocycles. The number of carbonyl (C=O) groups excluding carboxylic acids is 1. The molecule has 0 aliphatic rings. The predicted molar refractivity (Wildman–Crippen MR) is 116 cm³/mol. The summed E-state index contributed by atoms with van der Waals surface area (Å²) >= 11 is 1.20. The van der Waals surface area contributed by atoms with Gasteiger partial charge in [-0.1, -0.05) is 11.3 Å². The van der Waals surface area contributed by atoms with E-state index in [4.69, 9.17) is 14.2 Å². The van der Waals surface area contributed by atoms with E-state index in [0.29, 0.717) is 38.2 Å². The van der Waals surface area contributed by atoms with Crippen molar-refractivity contribution in [3.05, 3.63) is 42.0 Å². The van der Waals surface area contributed by atoms with E-state index in [1.54, 1.807) is 30.3 Å². The van der Waals surface area contributed by atoms with Crippen LogP contribution in [-0.4, -0.2) is 46.9 Å². The number of fused-ring (bicyclic) bond motifs is 1. The Balaban J connectivity index is 1.79. The number of carbonyl (C=O) groups is 1. The molecule has 8 nitrogen and oxygen atoms in total. The SMILES string of the molecule is COc1cc(/C=C/C(=O)Nc2nc3ccc(S(C)(=O)=O)cc3s2)cc(OC)c1OC. The molecule has 30 heavy (non-hydrogen) atoms. The van der Waals surface area contributed by atoms with Crippen LogP contribution in [0.25, 0.3) is 16.3 Å². The van der Waals surface area contributed by atoms with Crippen molar-refractivity contribution < 1.29 is 27.4 Å². The van der Waals surface area contributed by atoms with Crippen LogP contribution in [0.3, 0.4) is 0 Å². The molecule has 0 saturated carbocycles. The van der Waals surface area contributed by atoms with Gasteiger partial charge in [0.25, 0.3) is 0 Å². The van der Waals surface area contributed by atoms with Crippen LogP contribution >= 0.6 is 11.3 Å². The second kappa shape index (κ2) is 8.72. The predicted octanol–water partition coefficient (Wildman–Crippen LogP) is 3.38. The van der Waals surface area contributed by atoms with Crippen molar-refractivity contribution in [3.63, 3.8) is 0 Å². The van der Waals surface area contributed by atoms with Crippen LogP contribution in [0.4, 0.5) is 5.13 Å². The fourth-order valence-electron chi connectivity index (χ4n) is 2.71. The van der Waals surface area contributed by atoms with Crippen LogP contribution in [0.5, 0.6) is 17.2 Å². The molecule has 1 amide bonds. The van der Waals surface area contributed by atoms with Gasteiger partial charge in [-0.05, 0) is 42.0 Å². The topological polar surface area (TPSA) is 104 Å². The number of nitrogens with one attached hydrogen (secondary N) is 1. The normalized spacial score (nSPS) is 11.6. The van der Waals surface area contributed by atoms with Crippen molar-refractivity contribution in [2.75, 3.05) is 32.9 Å². The summed E-state index contributed by atoms with van der Waals surface area (Å²) in [6.45, 7) is 0. The largest absolute Gasteiger partial charge is 0.493 e. The molecule has 0 saturated heterocycles. The monoisotopic (exact) mass is 448 g/mol. The van der Waals surface area contributed by atoms with Gasteiger partial charge < -0.3 is 14.2 Å². The molecule has 0 unspecified atom stereocenters. The number of ether oxygens (including phenoxy) is 3. The van der Waals surface area contributed by atoms with Crippen molar-refractivity contribution in [1.82, 2.24) is 4.98 Å². The van der Waals surface area contributed by atoms with Crippen LogP contribution in [0.1, 0.15) is 5.56 Å². The third-order valence-corrected chi connectivity index (χ3v) is 6.18. The van der Waals surface area contributed by atoms with Crippen molar-refractivity contribution in [3.8, 4) is 17.2 Å². The Morgan fingerprint density at radius 3 is 2.30 bits per heavy atom. The summed E-state index contributed by atoms with van der Waals surface area (Å²) in [4.78, 5) is 16.8. The molecule has 0 bridgehead atoms. The standard InChI is InChI=1S/C20H20N2O6S2/c1-26-15-9-12(10-16(27-2)19(15)28-3)5-8-18(23)22-20-21-14-7-6-13(30(4,24)25)11-17(14)29-20/h5-11H,1-4H3,(H,21,22,23)/b8-5+. The number of amides is 1. The molecule has 0 spiro atoms. The zero-order valence-corrected chi connectivity index (χ0v) is 18.4. The van der Waals surface area contributed by atoms with Gasteiger partial charge in [-0.3, -0.25) is 10.1 Å². The molecule has 10 heteroatoms. The summed E-state index contributed by atoms with van der Waals surface area (Å²) in [5, 5.41) is 3.06. The van der Waals surface area contributed by atoms with E-state index in [0.717, 1.165) is 6.26 Å². The Kier molecular flexibility index (Phi) is 6.28. The number of rotatable bonds is 7. The molecule has 3 aromatic rings. The van der Waals surface area contributed by atoms with Crippen LogP contribution < -0.4 is 19.5 Å². The molecular weight excluding hydrogens is 428 g/mol. The third-order valence-electron chi connectivity index (χ3n) is 4.13. The lowest BCUT2D eigenvalue weighted by molar-refractivity contribution is -0.111. The minimum absolute atomic E-state index is 0.207. The maximum atomic E-state index is 12.3. The maximum absolute atomic E-state index is 12.3. The van der Waals surface area contributed by atoms with E-state index >= 15 is 0 Å². The maximum Gasteiger partial charge on any atom is 0.250 e. The molecule has 3 rings (SSSR count). The summed E-state index contributed by atoms with van der Waals surface area (Å²) < 4.78 is 39.9. The molecule has 0 atom stereocenters. The smallest absolute Gasteiger partial charge is 0.250 e. The van der Waals surface area contributed by atoms with Gasteiger partial charge >= 0.3 is 0 Å². The number of hydrogen-bond donors (Lipinski definition) is 1. The van der Waals surface area contributed by atoms with E-state index in [2.05, 4.69) is 10.3 Å². The van der Waals surface area contributed by atoms with E-state index in [-0.39, 0.29) is 10.8 Å². The molecule has 1 N–H and O–H groups in total. The fraction of sp³-hybridized carbons (Fsp3) is 0.200. The third kappa shape index (κ3) is 4.71. The van der Waals surface area contributed by atoms with Crippen molar-refractivity contribution in [1.29, 1.82) is 0 Å². The minimum Gasteiger partial charge on any atom is -0.493 e. The highest BCUT2D eigenvalue weighted by atomic mass is 32.2. The lowest BCUT2D eigenvalue weighted by Crippen LogP contribution is -2.07. The van der Waals surface area contributed by atoms with Gasteiger partial charge in [-0.25, -0.2) is 13.4 Å². The summed E-state index contributed by atoms with van der Waals surface area (Å²) in [7, 11) is 1.23. The Morgan fingerprint density at radius 1 is 1.07 bits per heavy atom. The van der Waals surface area contributed by atoms with Crippen LogP contribution in [-0.2, 0) is 14.6 Å². The highest BCUT2D eigenvalue weighted by Crippen LogP contribution is 2.38. The van der Waals surface area contributed by atoms with Gasteiger partial charge in [0.05, 0.1) is 36.4 Å². The zero-order chi connectivity index (χ0) is 21.9. The number of thiazole rings is 1. The molecule has 0 aliphatic heterocycles. The molecule has 1 heterocycles. The lowest BCUT2D eigenvalue weighted by Gasteiger charge is -2.12.